The van der Waals surface area contributed by atoms with Gasteiger partial charge < -0.3 is 24.3 Å². The maximum atomic E-state index is 14.0. The molecule has 35 heavy (non-hydrogen) atoms. The third-order valence-corrected chi connectivity index (χ3v) is 7.49. The van der Waals surface area contributed by atoms with Gasteiger partial charge in [-0.3, -0.25) is 9.59 Å². The minimum absolute atomic E-state index is 0.0209. The van der Waals surface area contributed by atoms with Crippen molar-refractivity contribution in [3.8, 4) is 11.5 Å². The Balaban J connectivity index is 1.74. The van der Waals surface area contributed by atoms with Crippen LogP contribution in [-0.2, 0) is 15.1 Å². The lowest BCUT2D eigenvalue weighted by molar-refractivity contribution is -0.166. The number of amides is 2. The molecule has 2 aliphatic heterocycles. The van der Waals surface area contributed by atoms with Crippen molar-refractivity contribution >= 4 is 22.7 Å². The number of piperazine rings is 1. The first-order valence-corrected chi connectivity index (χ1v) is 12.5. The van der Waals surface area contributed by atoms with Gasteiger partial charge in [0, 0.05) is 35.5 Å². The smallest absolute Gasteiger partial charge is 0.254 e. The molecule has 184 valence electrons. The van der Waals surface area contributed by atoms with Crippen molar-refractivity contribution < 1.29 is 19.1 Å². The number of nitrogens with zero attached hydrogens (tertiary/aromatic N) is 2. The van der Waals surface area contributed by atoms with Crippen molar-refractivity contribution in [2.75, 3.05) is 33.4 Å². The van der Waals surface area contributed by atoms with Crippen molar-refractivity contribution in [3.63, 3.8) is 0 Å². The lowest BCUT2D eigenvalue weighted by atomic mass is 9.76. The average Bonchev–Trinajstić information content (AvgIpc) is 3.27. The number of para-hydroxylation sites is 2. The minimum Gasteiger partial charge on any atom is -0.493 e. The number of ether oxygens (including phenoxy) is 2. The predicted octanol–water partition coefficient (Wildman–Crippen LogP) is 4.41. The fourth-order valence-electron chi connectivity index (χ4n) is 5.75. The van der Waals surface area contributed by atoms with Crippen LogP contribution in [0.4, 0.5) is 0 Å². The Hall–Kier alpha value is -3.48. The van der Waals surface area contributed by atoms with E-state index in [1.807, 2.05) is 50.2 Å². The Morgan fingerprint density at radius 3 is 2.66 bits per heavy atom. The lowest BCUT2D eigenvalue weighted by Gasteiger charge is -2.51. The van der Waals surface area contributed by atoms with Crippen molar-refractivity contribution in [1.82, 2.24) is 14.8 Å². The molecular weight excluding hydrogens is 442 g/mol. The van der Waals surface area contributed by atoms with Gasteiger partial charge in [0.2, 0.25) is 5.91 Å². The molecule has 2 aromatic carbocycles. The van der Waals surface area contributed by atoms with Crippen molar-refractivity contribution in [2.24, 2.45) is 0 Å². The molecule has 0 unspecified atom stereocenters. The number of unbranched alkanes of at least 4 members (excludes halogenated alkanes) is 1. The number of hydrogen-bond donors (Lipinski definition) is 1. The highest BCUT2D eigenvalue weighted by atomic mass is 16.5. The molecule has 3 aromatic rings. The molecule has 1 fully saturated rings. The first-order valence-electron chi connectivity index (χ1n) is 12.5. The van der Waals surface area contributed by atoms with Crippen molar-refractivity contribution in [1.29, 1.82) is 0 Å². The summed E-state index contributed by atoms with van der Waals surface area (Å²) in [5.74, 6) is 1.12. The topological polar surface area (TPSA) is 74.9 Å². The summed E-state index contributed by atoms with van der Waals surface area (Å²) in [5.41, 5.74) is 2.66. The van der Waals surface area contributed by atoms with Crippen LogP contribution in [0.1, 0.15) is 56.4 Å². The van der Waals surface area contributed by atoms with E-state index in [4.69, 9.17) is 9.47 Å². The van der Waals surface area contributed by atoms with E-state index in [2.05, 4.69) is 18.0 Å². The molecule has 1 N–H and O–H groups in total. The fourth-order valence-corrected chi connectivity index (χ4v) is 5.75. The fraction of sp³-hybridized carbons (Fsp3) is 0.429. The van der Waals surface area contributed by atoms with E-state index in [-0.39, 0.29) is 24.3 Å². The van der Waals surface area contributed by atoms with E-state index in [0.717, 1.165) is 40.6 Å². The number of carbonyl (C=O) groups is 2. The molecule has 7 heteroatoms. The van der Waals surface area contributed by atoms with E-state index in [9.17, 15) is 9.59 Å². The van der Waals surface area contributed by atoms with Gasteiger partial charge in [0.25, 0.3) is 5.91 Å². The zero-order valence-electron chi connectivity index (χ0n) is 20.9. The van der Waals surface area contributed by atoms with Gasteiger partial charge in [0.05, 0.1) is 26.0 Å². The third-order valence-electron chi connectivity index (χ3n) is 7.49. The second-order valence-corrected chi connectivity index (χ2v) is 9.48. The number of fused-ring (bicyclic) bond motifs is 5. The van der Waals surface area contributed by atoms with Crippen LogP contribution in [-0.4, -0.2) is 59.9 Å². The Bertz CT molecular complexity index is 1280. The van der Waals surface area contributed by atoms with Gasteiger partial charge in [-0.05, 0) is 38.0 Å². The number of benzene rings is 2. The van der Waals surface area contributed by atoms with E-state index in [1.54, 1.807) is 16.9 Å². The molecule has 1 aromatic heterocycles. The molecule has 7 nitrogen and oxygen atoms in total. The quantitative estimate of drug-likeness (QED) is 0.549. The van der Waals surface area contributed by atoms with Gasteiger partial charge in [-0.2, -0.15) is 0 Å². The Kier molecular flexibility index (Phi) is 5.95. The summed E-state index contributed by atoms with van der Waals surface area (Å²) in [5, 5.41) is 1.06. The molecular formula is C28H33N3O4. The van der Waals surface area contributed by atoms with Gasteiger partial charge in [-0.15, -0.1) is 0 Å². The summed E-state index contributed by atoms with van der Waals surface area (Å²) >= 11 is 0. The zero-order valence-corrected chi connectivity index (χ0v) is 20.9. The predicted molar refractivity (Wildman–Crippen MR) is 135 cm³/mol. The second-order valence-electron chi connectivity index (χ2n) is 9.48. The normalized spacial score (nSPS) is 21.8. The first kappa shape index (κ1) is 23.3. The number of hydrogen-bond acceptors (Lipinski definition) is 4. The van der Waals surface area contributed by atoms with Crippen LogP contribution in [0.3, 0.4) is 0 Å². The number of nitrogens with one attached hydrogen (secondary N) is 1. The minimum atomic E-state index is -1.08. The maximum Gasteiger partial charge on any atom is 0.254 e. The van der Waals surface area contributed by atoms with Gasteiger partial charge in [-0.1, -0.05) is 43.7 Å². The van der Waals surface area contributed by atoms with Crippen LogP contribution >= 0.6 is 0 Å². The number of H-pyrrole nitrogens is 1. The highest BCUT2D eigenvalue weighted by Gasteiger charge is 2.56. The summed E-state index contributed by atoms with van der Waals surface area (Å²) in [4.78, 5) is 34.6. The maximum absolute atomic E-state index is 14.0. The summed E-state index contributed by atoms with van der Waals surface area (Å²) in [7, 11) is 1.63. The Morgan fingerprint density at radius 1 is 1.11 bits per heavy atom. The summed E-state index contributed by atoms with van der Waals surface area (Å²) in [6.07, 6.45) is 1.84. The second kappa shape index (κ2) is 8.95. The van der Waals surface area contributed by atoms with E-state index >= 15 is 0 Å². The molecule has 0 aliphatic carbocycles. The largest absolute Gasteiger partial charge is 0.493 e. The lowest BCUT2D eigenvalue weighted by Crippen LogP contribution is -2.67. The molecule has 2 aliphatic rings. The molecule has 0 spiro atoms. The number of aromatic nitrogens is 1. The average molecular weight is 476 g/mol. The van der Waals surface area contributed by atoms with Crippen LogP contribution in [0.15, 0.2) is 42.5 Å². The summed E-state index contributed by atoms with van der Waals surface area (Å²) < 4.78 is 11.7. The molecule has 0 bridgehead atoms. The molecule has 0 saturated carbocycles. The third kappa shape index (κ3) is 3.48. The van der Waals surface area contributed by atoms with E-state index in [0.29, 0.717) is 31.2 Å². The van der Waals surface area contributed by atoms with Gasteiger partial charge in [0.15, 0.2) is 17.0 Å². The van der Waals surface area contributed by atoms with E-state index < -0.39 is 5.54 Å². The Labute approximate surface area is 206 Å². The Morgan fingerprint density at radius 2 is 1.91 bits per heavy atom. The molecule has 2 atom stereocenters. The summed E-state index contributed by atoms with van der Waals surface area (Å²) in [6.45, 7) is 7.53. The van der Waals surface area contributed by atoms with Gasteiger partial charge >= 0.3 is 0 Å². The first-order chi connectivity index (χ1) is 16.9. The molecule has 0 radical (unpaired) electrons. The number of rotatable bonds is 7. The van der Waals surface area contributed by atoms with E-state index in [1.165, 1.54) is 0 Å². The SMILES string of the molecule is CCCCN1CC(=O)N2C[C@@H](c3cccc(OC)c3OCC)c3c([nH]c4ccccc34)[C@@]2(C)C1=O. The number of carbonyl (C=O) groups excluding carboxylic acids is 2. The van der Waals surface area contributed by atoms with Crippen LogP contribution in [0.25, 0.3) is 10.9 Å². The van der Waals surface area contributed by atoms with Crippen LogP contribution in [0.2, 0.25) is 0 Å². The molecule has 2 amide bonds. The summed E-state index contributed by atoms with van der Waals surface area (Å²) in [6, 6.07) is 14.0. The molecule has 3 heterocycles. The highest BCUT2D eigenvalue weighted by Crippen LogP contribution is 2.50. The van der Waals surface area contributed by atoms with Crippen molar-refractivity contribution in [2.45, 2.75) is 45.1 Å². The number of aromatic amines is 1. The molecule has 5 rings (SSSR count). The van der Waals surface area contributed by atoms with Crippen molar-refractivity contribution in [3.05, 3.63) is 59.3 Å². The van der Waals surface area contributed by atoms with Crippen LogP contribution < -0.4 is 9.47 Å². The van der Waals surface area contributed by atoms with Crippen LogP contribution in [0.5, 0.6) is 11.5 Å². The van der Waals surface area contributed by atoms with Crippen LogP contribution in [0, 0.1) is 0 Å². The standard InChI is InChI=1S/C28H33N3O4/c1-5-7-15-30-17-23(32)31-16-20(18-12-10-14-22(34-4)25(18)35-6-2)24-19-11-8-9-13-21(19)29-26(24)28(31,3)27(30)33/h8-14,20,29H,5-7,15-17H2,1-4H3/t20-,28-/m0/s1. The van der Waals surface area contributed by atoms with Gasteiger partial charge in [-0.25, -0.2) is 0 Å². The monoisotopic (exact) mass is 475 g/mol. The zero-order chi connectivity index (χ0) is 24.7. The number of methoxy groups -OCH3 is 1. The highest BCUT2D eigenvalue weighted by molar-refractivity contribution is 6.01. The molecule has 1 saturated heterocycles. The van der Waals surface area contributed by atoms with Gasteiger partial charge in [0.1, 0.15) is 0 Å².